The molecule has 0 aliphatic heterocycles. The van der Waals surface area contributed by atoms with Gasteiger partial charge in [0.15, 0.2) is 0 Å². The maximum absolute atomic E-state index is 6.09. The second-order valence-corrected chi connectivity index (χ2v) is 8.59. The Hall–Kier alpha value is 0.0969. The summed E-state index contributed by atoms with van der Waals surface area (Å²) in [6.07, 6.45) is 7.57. The molecule has 1 fully saturated rings. The quantitative estimate of drug-likeness (QED) is 0.732. The summed E-state index contributed by atoms with van der Waals surface area (Å²) in [4.78, 5) is 0. The van der Waals surface area contributed by atoms with Crippen LogP contribution in [0.4, 0.5) is 0 Å². The Kier molecular flexibility index (Phi) is 5.96. The number of rotatable bonds is 6. The number of hydrogen-bond donors (Lipinski definition) is 1. The summed E-state index contributed by atoms with van der Waals surface area (Å²) in [5, 5.41) is 0. The van der Waals surface area contributed by atoms with E-state index in [9.17, 15) is 0 Å². The van der Waals surface area contributed by atoms with Crippen molar-refractivity contribution in [1.82, 2.24) is 0 Å². The predicted octanol–water partition coefficient (Wildman–Crippen LogP) is 2.79. The summed E-state index contributed by atoms with van der Waals surface area (Å²) in [5.74, 6) is 0. The van der Waals surface area contributed by atoms with Crippen molar-refractivity contribution in [3.63, 3.8) is 0 Å². The van der Waals surface area contributed by atoms with E-state index in [1.165, 1.54) is 32.1 Å². The molecule has 0 bridgehead atoms. The van der Waals surface area contributed by atoms with Crippen LogP contribution >= 0.6 is 0 Å². The van der Waals surface area contributed by atoms with Crippen LogP contribution in [0, 0.1) is 0 Å². The molecule has 1 unspecified atom stereocenters. The molecule has 1 atom stereocenters. The van der Waals surface area contributed by atoms with Crippen molar-refractivity contribution in [3.05, 3.63) is 0 Å². The lowest BCUT2D eigenvalue weighted by Crippen LogP contribution is -2.49. The van der Waals surface area contributed by atoms with Gasteiger partial charge in [-0.15, -0.1) is 0 Å². The van der Waals surface area contributed by atoms with Crippen LogP contribution in [0.1, 0.15) is 45.4 Å². The first-order valence-corrected chi connectivity index (χ1v) is 8.64. The monoisotopic (exact) mass is 245 g/mol. The second-order valence-electron chi connectivity index (χ2n) is 4.93. The molecule has 4 heteroatoms. The van der Waals surface area contributed by atoms with Crippen molar-refractivity contribution in [1.29, 1.82) is 0 Å². The standard InChI is InChI=1S/C12H27NO2Si/c1-4-11(13)10-16(14-2,15-3)12-8-6-5-7-9-12/h11-12H,4-10,13H2,1-3H3. The van der Waals surface area contributed by atoms with Gasteiger partial charge in [-0.05, 0) is 19.3 Å². The van der Waals surface area contributed by atoms with Crippen molar-refractivity contribution in [2.75, 3.05) is 14.2 Å². The SMILES string of the molecule is CCC(N)C[Si](OC)(OC)C1CCCCC1. The Balaban J connectivity index is 2.68. The lowest BCUT2D eigenvalue weighted by molar-refractivity contribution is 0.213. The van der Waals surface area contributed by atoms with Crippen LogP contribution in [0.15, 0.2) is 0 Å². The summed E-state index contributed by atoms with van der Waals surface area (Å²) in [6.45, 7) is 2.13. The predicted molar refractivity (Wildman–Crippen MR) is 69.7 cm³/mol. The third-order valence-electron chi connectivity index (χ3n) is 3.99. The van der Waals surface area contributed by atoms with Gasteiger partial charge in [0.05, 0.1) is 0 Å². The Morgan fingerprint density at radius 2 is 1.75 bits per heavy atom. The highest BCUT2D eigenvalue weighted by molar-refractivity contribution is 6.69. The molecular formula is C12H27NO2Si. The van der Waals surface area contributed by atoms with E-state index < -0.39 is 8.56 Å². The average molecular weight is 245 g/mol. The van der Waals surface area contributed by atoms with Crippen molar-refractivity contribution in [3.8, 4) is 0 Å². The fourth-order valence-electron chi connectivity index (χ4n) is 2.80. The highest BCUT2D eigenvalue weighted by Crippen LogP contribution is 2.40. The molecule has 3 nitrogen and oxygen atoms in total. The average Bonchev–Trinajstić information content (AvgIpc) is 2.37. The van der Waals surface area contributed by atoms with Crippen molar-refractivity contribution < 1.29 is 8.85 Å². The summed E-state index contributed by atoms with van der Waals surface area (Å²) >= 11 is 0. The first-order chi connectivity index (χ1) is 7.68. The van der Waals surface area contributed by atoms with Gasteiger partial charge in [0.25, 0.3) is 0 Å². The van der Waals surface area contributed by atoms with Gasteiger partial charge in [-0.1, -0.05) is 26.2 Å². The zero-order chi connectivity index (χ0) is 12.0. The molecule has 2 N–H and O–H groups in total. The summed E-state index contributed by atoms with van der Waals surface area (Å²) in [6, 6.07) is 1.18. The van der Waals surface area contributed by atoms with Crippen molar-refractivity contribution in [2.45, 2.75) is 63.1 Å². The molecule has 0 amide bonds. The van der Waals surface area contributed by atoms with Crippen LogP contribution in [-0.4, -0.2) is 28.8 Å². The van der Waals surface area contributed by atoms with Gasteiger partial charge in [-0.2, -0.15) is 0 Å². The first kappa shape index (κ1) is 14.2. The maximum atomic E-state index is 6.09. The molecule has 0 aromatic heterocycles. The van der Waals surface area contributed by atoms with Gasteiger partial charge in [-0.3, -0.25) is 0 Å². The highest BCUT2D eigenvalue weighted by Gasteiger charge is 2.45. The minimum Gasteiger partial charge on any atom is -0.397 e. The molecule has 0 saturated heterocycles. The van der Waals surface area contributed by atoms with Crippen molar-refractivity contribution in [2.24, 2.45) is 5.73 Å². The molecule has 96 valence electrons. The van der Waals surface area contributed by atoms with E-state index in [4.69, 9.17) is 14.6 Å². The molecule has 0 aromatic carbocycles. The summed E-state index contributed by atoms with van der Waals surface area (Å²) in [7, 11) is 1.57. The molecule has 0 heterocycles. The molecular weight excluding hydrogens is 218 g/mol. The lowest BCUT2D eigenvalue weighted by Gasteiger charge is -2.38. The summed E-state index contributed by atoms with van der Waals surface area (Å²) < 4.78 is 11.7. The second kappa shape index (κ2) is 6.74. The molecule has 1 aliphatic rings. The molecule has 0 radical (unpaired) electrons. The van der Waals surface area contributed by atoms with Crippen LogP contribution in [-0.2, 0) is 8.85 Å². The summed E-state index contributed by atoms with van der Waals surface area (Å²) in [5.41, 5.74) is 6.74. The third-order valence-corrected chi connectivity index (χ3v) is 8.29. The van der Waals surface area contributed by atoms with E-state index in [0.29, 0.717) is 5.54 Å². The highest BCUT2D eigenvalue weighted by atomic mass is 28.4. The fraction of sp³-hybridized carbons (Fsp3) is 1.00. The number of nitrogens with two attached hydrogens (primary N) is 1. The van der Waals surface area contributed by atoms with Gasteiger partial charge in [0.1, 0.15) is 0 Å². The zero-order valence-corrected chi connectivity index (χ0v) is 12.0. The third kappa shape index (κ3) is 3.29. The van der Waals surface area contributed by atoms with Gasteiger partial charge < -0.3 is 14.6 Å². The molecule has 16 heavy (non-hydrogen) atoms. The largest absolute Gasteiger partial charge is 0.397 e. The normalized spacial score (nSPS) is 21.0. The smallest absolute Gasteiger partial charge is 0.342 e. The minimum absolute atomic E-state index is 0.230. The van der Waals surface area contributed by atoms with E-state index in [1.807, 2.05) is 14.2 Å². The van der Waals surface area contributed by atoms with E-state index in [0.717, 1.165) is 12.5 Å². The van der Waals surface area contributed by atoms with E-state index in [1.54, 1.807) is 0 Å². The fourth-order valence-corrected chi connectivity index (χ4v) is 6.61. The van der Waals surface area contributed by atoms with E-state index >= 15 is 0 Å². The maximum Gasteiger partial charge on any atom is 0.342 e. The molecule has 1 saturated carbocycles. The Morgan fingerprint density at radius 1 is 1.19 bits per heavy atom. The molecule has 0 spiro atoms. The van der Waals surface area contributed by atoms with Gasteiger partial charge >= 0.3 is 8.56 Å². The lowest BCUT2D eigenvalue weighted by atomic mass is 10.0. The number of hydrogen-bond acceptors (Lipinski definition) is 3. The van der Waals surface area contributed by atoms with Crippen LogP contribution in [0.3, 0.4) is 0 Å². The van der Waals surface area contributed by atoms with Gasteiger partial charge in [0, 0.05) is 31.8 Å². The van der Waals surface area contributed by atoms with E-state index in [2.05, 4.69) is 6.92 Å². The first-order valence-electron chi connectivity index (χ1n) is 6.54. The van der Waals surface area contributed by atoms with Crippen LogP contribution in [0.25, 0.3) is 0 Å². The topological polar surface area (TPSA) is 44.5 Å². The minimum atomic E-state index is -2.05. The Bertz CT molecular complexity index is 191. The van der Waals surface area contributed by atoms with Crippen LogP contribution < -0.4 is 5.73 Å². The Labute approximate surface area is 101 Å². The molecule has 1 rings (SSSR count). The zero-order valence-electron chi connectivity index (χ0n) is 11.0. The van der Waals surface area contributed by atoms with Crippen LogP contribution in [0.5, 0.6) is 0 Å². The van der Waals surface area contributed by atoms with E-state index in [-0.39, 0.29) is 6.04 Å². The Morgan fingerprint density at radius 3 is 2.19 bits per heavy atom. The van der Waals surface area contributed by atoms with Gasteiger partial charge in [0.2, 0.25) is 0 Å². The molecule has 1 aliphatic carbocycles. The molecule has 0 aromatic rings. The van der Waals surface area contributed by atoms with Crippen LogP contribution in [0.2, 0.25) is 11.6 Å². The van der Waals surface area contributed by atoms with Crippen molar-refractivity contribution >= 4 is 8.56 Å². The van der Waals surface area contributed by atoms with Gasteiger partial charge in [-0.25, -0.2) is 0 Å².